The van der Waals surface area contributed by atoms with Gasteiger partial charge in [0, 0.05) is 0 Å². The molecule has 0 heterocycles. The third-order valence-electron chi connectivity index (χ3n) is 3.50. The standard InChI is InChI=1S/C14H23.C5H9.2W/c1-13(2,3)10-11-7-8-12(9-11)14(4,5)6;1-5(2,3)4;;/h12H,8-9H2,1-6H3;1-3H3;;/q2*-1;;. The summed E-state index contributed by atoms with van der Waals surface area (Å²) >= 11 is 3.06. The van der Waals surface area contributed by atoms with E-state index in [1.807, 2.05) is 0 Å². The Bertz CT molecular complexity index is 395. The molecule has 2 heteroatoms. The van der Waals surface area contributed by atoms with Crippen molar-refractivity contribution in [3.63, 3.8) is 0 Å². The quantitative estimate of drug-likeness (QED) is 0.351. The van der Waals surface area contributed by atoms with Crippen molar-refractivity contribution in [1.82, 2.24) is 0 Å². The summed E-state index contributed by atoms with van der Waals surface area (Å²) in [6.45, 7) is 20.4. The fraction of sp³-hybridized carbons (Fsp3) is 0.789. The van der Waals surface area contributed by atoms with Gasteiger partial charge in [0.05, 0.1) is 0 Å². The molecular formula is C19H32W2-2. The topological polar surface area (TPSA) is 0 Å². The molecule has 0 radical (unpaired) electrons. The van der Waals surface area contributed by atoms with Crippen LogP contribution in [-0.2, 0) is 38.7 Å². The predicted molar refractivity (Wildman–Crippen MR) is 87.9 cm³/mol. The number of rotatable bonds is 1. The van der Waals surface area contributed by atoms with Gasteiger partial charge in [-0.2, -0.15) is 0 Å². The van der Waals surface area contributed by atoms with Crippen LogP contribution in [0.15, 0.2) is 5.57 Å². The zero-order valence-electron chi connectivity index (χ0n) is 15.3. The van der Waals surface area contributed by atoms with Crippen molar-refractivity contribution in [2.45, 2.75) is 75.2 Å². The van der Waals surface area contributed by atoms with Crippen molar-refractivity contribution >= 4 is 8.30 Å². The van der Waals surface area contributed by atoms with Gasteiger partial charge in [-0.15, -0.1) is 0 Å². The molecule has 1 unspecified atom stereocenters. The molecule has 0 aromatic heterocycles. The molecule has 0 aromatic rings. The second kappa shape index (κ2) is 8.10. The second-order valence-corrected chi connectivity index (χ2v) is 11.3. The molecular weight excluding hydrogens is 596 g/mol. The van der Waals surface area contributed by atoms with Gasteiger partial charge in [0.25, 0.3) is 0 Å². The Kier molecular flexibility index (Phi) is 8.43. The molecule has 0 nitrogen and oxygen atoms in total. The van der Waals surface area contributed by atoms with Crippen LogP contribution in [-0.4, -0.2) is 8.30 Å². The van der Waals surface area contributed by atoms with Crippen molar-refractivity contribution in [2.75, 3.05) is 0 Å². The van der Waals surface area contributed by atoms with Crippen LogP contribution in [0.3, 0.4) is 0 Å². The van der Waals surface area contributed by atoms with Crippen LogP contribution >= 0.6 is 0 Å². The molecule has 1 aliphatic rings. The van der Waals surface area contributed by atoms with E-state index in [9.17, 15) is 0 Å². The minimum atomic E-state index is 0.329. The Balaban J connectivity index is 0.000000567. The van der Waals surface area contributed by atoms with Gasteiger partial charge in [0.1, 0.15) is 0 Å². The van der Waals surface area contributed by atoms with E-state index in [1.54, 1.807) is 23.3 Å². The summed E-state index contributed by atoms with van der Waals surface area (Å²) in [7, 11) is 0. The van der Waals surface area contributed by atoms with E-state index in [0.29, 0.717) is 16.2 Å². The summed E-state index contributed by atoms with van der Waals surface area (Å²) in [5, 5.41) is 0. The van der Waals surface area contributed by atoms with Gasteiger partial charge in [-0.25, -0.2) is 0 Å². The molecule has 1 aliphatic carbocycles. The molecule has 0 saturated carbocycles. The Labute approximate surface area is 155 Å². The summed E-state index contributed by atoms with van der Waals surface area (Å²) in [5.41, 5.74) is 2.62. The van der Waals surface area contributed by atoms with Gasteiger partial charge in [-0.1, -0.05) is 0 Å². The number of hydrogen-bond donors (Lipinski definition) is 0. The van der Waals surface area contributed by atoms with Gasteiger partial charge in [0.15, 0.2) is 0 Å². The maximum atomic E-state index is 3.62. The molecule has 1 rings (SSSR count). The van der Waals surface area contributed by atoms with E-state index < -0.39 is 0 Å². The number of hydrogen-bond acceptors (Lipinski definition) is 0. The van der Waals surface area contributed by atoms with Gasteiger partial charge in [-0.3, -0.25) is 0 Å². The van der Waals surface area contributed by atoms with Gasteiger partial charge in [-0.05, 0) is 0 Å². The van der Waals surface area contributed by atoms with Crippen LogP contribution in [0.2, 0.25) is 0 Å². The molecule has 0 fully saturated rings. The Morgan fingerprint density at radius 3 is 1.71 bits per heavy atom. The van der Waals surface area contributed by atoms with Gasteiger partial charge in [0.2, 0.25) is 0 Å². The van der Waals surface area contributed by atoms with Gasteiger partial charge >= 0.3 is 156 Å². The predicted octanol–water partition coefficient (Wildman–Crippen LogP) is 5.20. The first-order chi connectivity index (χ1) is 9.18. The van der Waals surface area contributed by atoms with E-state index in [4.69, 9.17) is 0 Å². The molecule has 0 aliphatic heterocycles. The maximum absolute atomic E-state index is 3.62. The summed E-state index contributed by atoms with van der Waals surface area (Å²) in [4.78, 5) is 0. The van der Waals surface area contributed by atoms with Crippen molar-refractivity contribution in [3.8, 4) is 0 Å². The fourth-order valence-corrected chi connectivity index (χ4v) is 2.43. The van der Waals surface area contributed by atoms with Crippen molar-refractivity contribution in [2.24, 2.45) is 22.2 Å². The van der Waals surface area contributed by atoms with E-state index >= 15 is 0 Å². The average Bonchev–Trinajstić information content (AvgIpc) is 2.75. The molecule has 0 spiro atoms. The fourth-order valence-electron chi connectivity index (χ4n) is 1.88. The zero-order chi connectivity index (χ0) is 17.1. The molecule has 0 amide bonds. The summed E-state index contributed by atoms with van der Waals surface area (Å²) in [6, 6.07) is 0. The van der Waals surface area contributed by atoms with Crippen molar-refractivity contribution in [3.05, 3.63) is 11.6 Å². The average molecular weight is 628 g/mol. The zero-order valence-corrected chi connectivity index (χ0v) is 21.2. The minimum absolute atomic E-state index is 0.329. The molecule has 122 valence electrons. The Morgan fingerprint density at radius 1 is 1.05 bits per heavy atom. The SMILES string of the molecule is CC(C)(C)[C-]=[W].CC(C)(C)[C](=[W])C1=[C-]CC(C(C)(C)C)C1. The third-order valence-corrected chi connectivity index (χ3v) is 8.78. The van der Waals surface area contributed by atoms with Crippen molar-refractivity contribution in [1.29, 1.82) is 0 Å². The first-order valence-electron chi connectivity index (χ1n) is 7.72. The van der Waals surface area contributed by atoms with Crippen LogP contribution in [0.25, 0.3) is 0 Å². The van der Waals surface area contributed by atoms with Crippen LogP contribution in [0, 0.1) is 28.2 Å². The van der Waals surface area contributed by atoms with Gasteiger partial charge < -0.3 is 0 Å². The van der Waals surface area contributed by atoms with Crippen LogP contribution in [0.4, 0.5) is 0 Å². The summed E-state index contributed by atoms with van der Waals surface area (Å²) < 4.78 is 4.79. The first kappa shape index (κ1) is 21.9. The van der Waals surface area contributed by atoms with E-state index in [2.05, 4.69) is 72.8 Å². The van der Waals surface area contributed by atoms with Crippen LogP contribution in [0.1, 0.15) is 75.2 Å². The number of allylic oxidation sites excluding steroid dienone is 2. The van der Waals surface area contributed by atoms with Crippen molar-refractivity contribution < 1.29 is 38.7 Å². The first-order valence-corrected chi connectivity index (χ1v) is 10.7. The van der Waals surface area contributed by atoms with E-state index in [0.717, 1.165) is 12.3 Å². The summed E-state index contributed by atoms with van der Waals surface area (Å²) in [5.74, 6) is 0.796. The summed E-state index contributed by atoms with van der Waals surface area (Å²) in [6.07, 6.45) is 6.03. The Morgan fingerprint density at radius 2 is 1.48 bits per heavy atom. The van der Waals surface area contributed by atoms with Crippen LogP contribution < -0.4 is 0 Å². The molecule has 21 heavy (non-hydrogen) atoms. The van der Waals surface area contributed by atoms with E-state index in [1.165, 1.54) is 31.3 Å². The molecule has 0 saturated heterocycles. The monoisotopic (exact) mass is 628 g/mol. The van der Waals surface area contributed by atoms with E-state index in [-0.39, 0.29) is 0 Å². The molecule has 0 aromatic carbocycles. The molecule has 0 bridgehead atoms. The Hall–Kier alpha value is 0.857. The van der Waals surface area contributed by atoms with Crippen LogP contribution in [0.5, 0.6) is 0 Å². The third kappa shape index (κ3) is 8.91. The molecule has 1 atom stereocenters. The normalized spacial score (nSPS) is 19.5. The molecule has 0 N–H and O–H groups in total. The second-order valence-electron chi connectivity index (χ2n) is 9.06.